The van der Waals surface area contributed by atoms with Crippen LogP contribution in [0.5, 0.6) is 0 Å². The molecule has 8 heteroatoms. The van der Waals surface area contributed by atoms with E-state index in [9.17, 15) is 19.5 Å². The van der Waals surface area contributed by atoms with E-state index in [0.717, 1.165) is 12.0 Å². The Morgan fingerprint density at radius 2 is 1.80 bits per heavy atom. The summed E-state index contributed by atoms with van der Waals surface area (Å²) in [4.78, 5) is 48.5. The average molecular weight is 568 g/mol. The zero-order valence-electron chi connectivity index (χ0n) is 24.4. The maximum atomic E-state index is 14.5. The Labute approximate surface area is 243 Å². The summed E-state index contributed by atoms with van der Waals surface area (Å²) in [6, 6.07) is 8.56. The second kappa shape index (κ2) is 12.5. The molecule has 0 saturated carbocycles. The maximum Gasteiger partial charge on any atom is 0.247 e. The van der Waals surface area contributed by atoms with Crippen LogP contribution in [0.4, 0.5) is 0 Å². The first kappa shape index (κ1) is 30.4. The molecule has 0 radical (unpaired) electrons. The van der Waals surface area contributed by atoms with Crippen LogP contribution in [0.1, 0.15) is 52.5 Å². The molecular weight excluding hydrogens is 522 g/mol. The Balaban J connectivity index is 1.76. The molecule has 3 fully saturated rings. The molecule has 3 aliphatic heterocycles. The van der Waals surface area contributed by atoms with E-state index < -0.39 is 28.7 Å². The highest BCUT2D eigenvalue weighted by Crippen LogP contribution is 2.67. The van der Waals surface area contributed by atoms with E-state index >= 15 is 0 Å². The van der Waals surface area contributed by atoms with Gasteiger partial charge in [-0.05, 0) is 44.6 Å². The zero-order chi connectivity index (χ0) is 29.2. The van der Waals surface area contributed by atoms with Crippen molar-refractivity contribution >= 4 is 29.5 Å². The van der Waals surface area contributed by atoms with E-state index in [0.29, 0.717) is 32.5 Å². The number of thioether (sulfide) groups is 1. The van der Waals surface area contributed by atoms with Gasteiger partial charge in [-0.25, -0.2) is 0 Å². The van der Waals surface area contributed by atoms with Gasteiger partial charge in [-0.2, -0.15) is 0 Å². The van der Waals surface area contributed by atoms with Crippen molar-refractivity contribution in [2.75, 3.05) is 19.7 Å². The summed E-state index contributed by atoms with van der Waals surface area (Å²) in [5.74, 6) is -1.21. The Morgan fingerprint density at radius 1 is 1.12 bits per heavy atom. The third-order valence-corrected chi connectivity index (χ3v) is 10.7. The second-order valence-electron chi connectivity index (χ2n) is 12.1. The van der Waals surface area contributed by atoms with Gasteiger partial charge in [0.15, 0.2) is 0 Å². The summed E-state index contributed by atoms with van der Waals surface area (Å²) in [5, 5.41) is 10.5. The number of hydrogen-bond acceptors (Lipinski definition) is 5. The highest BCUT2D eigenvalue weighted by Gasteiger charge is 2.74. The molecule has 218 valence electrons. The average Bonchev–Trinajstić information content (AvgIpc) is 3.57. The van der Waals surface area contributed by atoms with Gasteiger partial charge in [-0.3, -0.25) is 14.4 Å². The van der Waals surface area contributed by atoms with Gasteiger partial charge in [0, 0.05) is 30.9 Å². The highest BCUT2D eigenvalue weighted by molar-refractivity contribution is 8.02. The molecule has 6 atom stereocenters. The minimum atomic E-state index is -0.724. The number of hydrogen-bond donors (Lipinski definition) is 1. The number of fused-ring (bicyclic) bond motifs is 1. The Hall–Kier alpha value is -2.58. The molecule has 3 saturated heterocycles. The van der Waals surface area contributed by atoms with Gasteiger partial charge in [-0.15, -0.1) is 24.9 Å². The molecule has 2 bridgehead atoms. The monoisotopic (exact) mass is 567 g/mol. The Kier molecular flexibility index (Phi) is 9.51. The van der Waals surface area contributed by atoms with Crippen molar-refractivity contribution in [3.63, 3.8) is 0 Å². The van der Waals surface area contributed by atoms with E-state index in [1.807, 2.05) is 44.2 Å². The van der Waals surface area contributed by atoms with E-state index in [1.165, 1.54) is 0 Å². The number of benzene rings is 1. The smallest absolute Gasteiger partial charge is 0.247 e. The van der Waals surface area contributed by atoms with Crippen LogP contribution >= 0.6 is 11.8 Å². The minimum absolute atomic E-state index is 0.0217. The van der Waals surface area contributed by atoms with Crippen molar-refractivity contribution in [2.45, 2.75) is 81.6 Å². The van der Waals surface area contributed by atoms with E-state index in [-0.39, 0.29) is 41.5 Å². The second-order valence-corrected chi connectivity index (χ2v) is 13.7. The topological polar surface area (TPSA) is 81.2 Å². The van der Waals surface area contributed by atoms with Gasteiger partial charge in [0.05, 0.1) is 29.2 Å². The first-order valence-electron chi connectivity index (χ1n) is 14.6. The molecule has 2 unspecified atom stereocenters. The quantitative estimate of drug-likeness (QED) is 0.363. The van der Waals surface area contributed by atoms with Gasteiger partial charge >= 0.3 is 0 Å². The number of carbonyl (C=O) groups excluding carboxylic acids is 3. The molecule has 3 heterocycles. The molecule has 4 rings (SSSR count). The van der Waals surface area contributed by atoms with Gasteiger partial charge in [0.25, 0.3) is 0 Å². The molecule has 1 aromatic rings. The lowest BCUT2D eigenvalue weighted by Gasteiger charge is -2.41. The minimum Gasteiger partial charge on any atom is -0.394 e. The fourth-order valence-electron chi connectivity index (χ4n) is 7.12. The molecule has 1 aromatic carbocycles. The molecule has 1 N–H and O–H groups in total. The predicted octanol–water partition coefficient (Wildman–Crippen LogP) is 4.12. The van der Waals surface area contributed by atoms with Gasteiger partial charge < -0.3 is 19.8 Å². The Morgan fingerprint density at radius 3 is 2.38 bits per heavy atom. The molecule has 1 spiro atoms. The normalized spacial score (nSPS) is 27.7. The molecule has 40 heavy (non-hydrogen) atoms. The van der Waals surface area contributed by atoms with Crippen molar-refractivity contribution in [1.82, 2.24) is 14.7 Å². The molecule has 0 aliphatic carbocycles. The molecular formula is C32H45N3O4S. The van der Waals surface area contributed by atoms with Crippen LogP contribution in [-0.4, -0.2) is 85.3 Å². The fraction of sp³-hybridized carbons (Fsp3) is 0.594. The van der Waals surface area contributed by atoms with Crippen molar-refractivity contribution in [2.24, 2.45) is 17.8 Å². The Bertz CT molecular complexity index is 1110. The SMILES string of the molecule is C=CCN(Cc1ccccc1)C(=O)[C@@H]1[C@@H]2CCC3(S2)C(C(=O)N(CC=C)C(C)C)N([C@@H](CO)CC(C)C)C(=O)[C@H]13. The van der Waals surface area contributed by atoms with Crippen LogP contribution in [0.2, 0.25) is 0 Å². The van der Waals surface area contributed by atoms with E-state index in [1.54, 1.807) is 38.6 Å². The number of amides is 3. The van der Waals surface area contributed by atoms with Crippen molar-refractivity contribution in [3.05, 3.63) is 61.2 Å². The molecule has 3 amide bonds. The molecule has 0 aromatic heterocycles. The summed E-state index contributed by atoms with van der Waals surface area (Å²) in [6.07, 6.45) is 5.52. The summed E-state index contributed by atoms with van der Waals surface area (Å²) in [5.41, 5.74) is 1.02. The lowest BCUT2D eigenvalue weighted by atomic mass is 9.70. The summed E-state index contributed by atoms with van der Waals surface area (Å²) >= 11 is 1.67. The van der Waals surface area contributed by atoms with Gasteiger partial charge in [0.1, 0.15) is 6.04 Å². The fourth-order valence-corrected chi connectivity index (χ4v) is 9.31. The van der Waals surface area contributed by atoms with Crippen molar-refractivity contribution < 1.29 is 19.5 Å². The number of rotatable bonds is 13. The van der Waals surface area contributed by atoms with Crippen molar-refractivity contribution in [3.8, 4) is 0 Å². The van der Waals surface area contributed by atoms with Gasteiger partial charge in [-0.1, -0.05) is 56.3 Å². The number of aliphatic hydroxyl groups excluding tert-OH is 1. The summed E-state index contributed by atoms with van der Waals surface area (Å²) in [6.45, 7) is 16.8. The lowest BCUT2D eigenvalue weighted by Crippen LogP contribution is -2.58. The van der Waals surface area contributed by atoms with E-state index in [4.69, 9.17) is 0 Å². The first-order chi connectivity index (χ1) is 19.1. The third-order valence-electron chi connectivity index (χ3n) is 8.71. The molecule has 7 nitrogen and oxygen atoms in total. The van der Waals surface area contributed by atoms with Crippen molar-refractivity contribution in [1.29, 1.82) is 0 Å². The summed E-state index contributed by atoms with van der Waals surface area (Å²) in [7, 11) is 0. The number of carbonyl (C=O) groups is 3. The zero-order valence-corrected chi connectivity index (χ0v) is 25.2. The van der Waals surface area contributed by atoms with E-state index in [2.05, 4.69) is 27.0 Å². The van der Waals surface area contributed by atoms with Crippen LogP contribution in [0.3, 0.4) is 0 Å². The standard InChI is InChI=1S/C32H45N3O4S/c1-7-16-33(19-23-12-10-9-11-13-23)29(37)26-25-14-15-32(40-25)27(26)30(38)35(24(20-36)18-21(3)4)28(32)31(39)34(17-8-2)22(5)6/h7-13,21-22,24-28,36H,1-2,14-20H2,3-6H3/t24-,25+,26-,27+,28?,32?/m1/s1. The van der Waals surface area contributed by atoms with Crippen LogP contribution in [-0.2, 0) is 20.9 Å². The third kappa shape index (κ3) is 5.37. The summed E-state index contributed by atoms with van der Waals surface area (Å²) < 4.78 is -0.690. The predicted molar refractivity (Wildman–Crippen MR) is 160 cm³/mol. The van der Waals surface area contributed by atoms with Crippen LogP contribution < -0.4 is 0 Å². The lowest BCUT2D eigenvalue weighted by molar-refractivity contribution is -0.148. The van der Waals surface area contributed by atoms with Crippen LogP contribution in [0.15, 0.2) is 55.6 Å². The number of nitrogens with zero attached hydrogens (tertiary/aromatic N) is 3. The highest BCUT2D eigenvalue weighted by atomic mass is 32.2. The largest absolute Gasteiger partial charge is 0.394 e. The van der Waals surface area contributed by atoms with Gasteiger partial charge in [0.2, 0.25) is 17.7 Å². The van der Waals surface area contributed by atoms with Crippen LogP contribution in [0.25, 0.3) is 0 Å². The number of aliphatic hydroxyl groups is 1. The first-order valence-corrected chi connectivity index (χ1v) is 15.4. The molecule has 3 aliphatic rings. The maximum absolute atomic E-state index is 14.5. The number of likely N-dealkylation sites (tertiary alicyclic amines) is 1. The van der Waals surface area contributed by atoms with Crippen LogP contribution in [0, 0.1) is 17.8 Å².